The van der Waals surface area contributed by atoms with Gasteiger partial charge in [0.1, 0.15) is 13.1 Å². The van der Waals surface area contributed by atoms with E-state index < -0.39 is 31.0 Å². The molecule has 0 radical (unpaired) electrons. The largest absolute Gasteiger partial charge is 0.480 e. The quantitative estimate of drug-likeness (QED) is 0.490. The van der Waals surface area contributed by atoms with Crippen molar-refractivity contribution in [3.63, 3.8) is 0 Å². The lowest BCUT2D eigenvalue weighted by molar-refractivity contribution is -0.137. The Kier molecular flexibility index (Phi) is 10.1. The standard InChI is InChI=1S/C13H25N3O4/c1-2-3-4-5-6-7-8-15-13(20)16(9-11(14)17)10-12(18)19/h2-10H2,1H3,(H2,14,17)(H,15,20)(H,18,19). The molecule has 0 saturated carbocycles. The van der Waals surface area contributed by atoms with Crippen LogP contribution in [0.25, 0.3) is 0 Å². The van der Waals surface area contributed by atoms with Gasteiger partial charge in [-0.15, -0.1) is 0 Å². The van der Waals surface area contributed by atoms with E-state index in [1.54, 1.807) is 0 Å². The van der Waals surface area contributed by atoms with Gasteiger partial charge in [-0.25, -0.2) is 4.79 Å². The summed E-state index contributed by atoms with van der Waals surface area (Å²) < 4.78 is 0. The van der Waals surface area contributed by atoms with Gasteiger partial charge in [0.05, 0.1) is 0 Å². The Morgan fingerprint density at radius 3 is 2.20 bits per heavy atom. The molecule has 0 aliphatic heterocycles. The summed E-state index contributed by atoms with van der Waals surface area (Å²) >= 11 is 0. The van der Waals surface area contributed by atoms with Crippen LogP contribution in [0.4, 0.5) is 4.79 Å². The summed E-state index contributed by atoms with van der Waals surface area (Å²) in [6.45, 7) is 1.69. The highest BCUT2D eigenvalue weighted by Gasteiger charge is 2.17. The number of primary amides is 1. The molecule has 0 aliphatic rings. The molecule has 0 bridgehead atoms. The summed E-state index contributed by atoms with van der Waals surface area (Å²) in [5, 5.41) is 11.3. The fraction of sp³-hybridized carbons (Fsp3) is 0.769. The number of carbonyl (C=O) groups is 3. The Morgan fingerprint density at radius 2 is 1.65 bits per heavy atom. The van der Waals surface area contributed by atoms with Gasteiger partial charge in [0, 0.05) is 6.54 Å². The number of carboxylic acids is 1. The third-order valence-corrected chi connectivity index (χ3v) is 2.77. The number of nitrogens with zero attached hydrogens (tertiary/aromatic N) is 1. The van der Waals surface area contributed by atoms with Crippen molar-refractivity contribution in [2.45, 2.75) is 45.4 Å². The molecule has 0 aromatic heterocycles. The number of carbonyl (C=O) groups excluding carboxylic acids is 2. The van der Waals surface area contributed by atoms with Gasteiger partial charge in [0.15, 0.2) is 0 Å². The molecule has 7 nitrogen and oxygen atoms in total. The Balaban J connectivity index is 3.89. The minimum Gasteiger partial charge on any atom is -0.480 e. The van der Waals surface area contributed by atoms with E-state index in [1.807, 2.05) is 0 Å². The third kappa shape index (κ3) is 10.2. The number of hydrogen-bond acceptors (Lipinski definition) is 3. The fourth-order valence-corrected chi connectivity index (χ4v) is 1.76. The van der Waals surface area contributed by atoms with E-state index in [2.05, 4.69) is 12.2 Å². The molecule has 0 atom stereocenters. The molecule has 116 valence electrons. The molecule has 20 heavy (non-hydrogen) atoms. The average Bonchev–Trinajstić information content (AvgIpc) is 2.35. The molecule has 7 heteroatoms. The number of urea groups is 1. The molecule has 0 aromatic rings. The van der Waals surface area contributed by atoms with Crippen LogP contribution in [0.15, 0.2) is 0 Å². The van der Waals surface area contributed by atoms with E-state index in [0.717, 1.165) is 24.2 Å². The molecule has 4 N–H and O–H groups in total. The van der Waals surface area contributed by atoms with Gasteiger partial charge >= 0.3 is 12.0 Å². The second-order valence-corrected chi connectivity index (χ2v) is 4.72. The molecule has 3 amide bonds. The van der Waals surface area contributed by atoms with Crippen LogP contribution >= 0.6 is 0 Å². The predicted molar refractivity (Wildman–Crippen MR) is 75.2 cm³/mol. The minimum atomic E-state index is -1.18. The van der Waals surface area contributed by atoms with Gasteiger partial charge in [-0.1, -0.05) is 39.0 Å². The van der Waals surface area contributed by atoms with Crippen molar-refractivity contribution >= 4 is 17.9 Å². The molecule has 0 aliphatic carbocycles. The van der Waals surface area contributed by atoms with Crippen LogP contribution < -0.4 is 11.1 Å². The summed E-state index contributed by atoms with van der Waals surface area (Å²) in [6, 6.07) is -0.570. The average molecular weight is 287 g/mol. The maximum atomic E-state index is 11.7. The minimum absolute atomic E-state index is 0.394. The molecular formula is C13H25N3O4. The first kappa shape index (κ1) is 18.2. The van der Waals surface area contributed by atoms with Crippen molar-refractivity contribution in [2.24, 2.45) is 5.73 Å². The first-order chi connectivity index (χ1) is 9.47. The Morgan fingerprint density at radius 1 is 1.05 bits per heavy atom. The van der Waals surface area contributed by atoms with Gasteiger partial charge in [-0.3, -0.25) is 9.59 Å². The third-order valence-electron chi connectivity index (χ3n) is 2.77. The lowest BCUT2D eigenvalue weighted by Gasteiger charge is -2.19. The summed E-state index contributed by atoms with van der Waals surface area (Å²) in [5.41, 5.74) is 4.98. The monoisotopic (exact) mass is 287 g/mol. The molecule has 0 aromatic carbocycles. The Labute approximate surface area is 119 Å². The van der Waals surface area contributed by atoms with Crippen molar-refractivity contribution in [2.75, 3.05) is 19.6 Å². The van der Waals surface area contributed by atoms with Gasteiger partial charge in [-0.05, 0) is 6.42 Å². The smallest absolute Gasteiger partial charge is 0.323 e. The predicted octanol–water partition coefficient (Wildman–Crippen LogP) is 0.928. The summed E-state index contributed by atoms with van der Waals surface area (Å²) in [4.78, 5) is 34.0. The zero-order valence-electron chi connectivity index (χ0n) is 12.1. The molecule has 0 heterocycles. The van der Waals surface area contributed by atoms with Gasteiger partial charge < -0.3 is 21.1 Å². The van der Waals surface area contributed by atoms with Crippen LogP contribution in [0.3, 0.4) is 0 Å². The number of amides is 3. The summed E-state index contributed by atoms with van der Waals surface area (Å²) in [7, 11) is 0. The lowest BCUT2D eigenvalue weighted by atomic mass is 10.1. The van der Waals surface area contributed by atoms with Crippen molar-refractivity contribution in [1.29, 1.82) is 0 Å². The number of hydrogen-bond donors (Lipinski definition) is 3. The normalized spacial score (nSPS) is 10.1. The zero-order chi connectivity index (χ0) is 15.4. The number of unbranched alkanes of at least 4 members (excludes halogenated alkanes) is 5. The Hall–Kier alpha value is -1.79. The molecule has 0 spiro atoms. The van der Waals surface area contributed by atoms with Crippen LogP contribution in [0.1, 0.15) is 45.4 Å². The molecular weight excluding hydrogens is 262 g/mol. The maximum Gasteiger partial charge on any atom is 0.323 e. The van der Waals surface area contributed by atoms with E-state index in [9.17, 15) is 14.4 Å². The maximum absolute atomic E-state index is 11.7. The van der Waals surface area contributed by atoms with Crippen LogP contribution in [0, 0.1) is 0 Å². The van der Waals surface area contributed by atoms with Gasteiger partial charge in [-0.2, -0.15) is 0 Å². The van der Waals surface area contributed by atoms with E-state index >= 15 is 0 Å². The van der Waals surface area contributed by atoms with Crippen LogP contribution in [-0.4, -0.2) is 47.5 Å². The van der Waals surface area contributed by atoms with Crippen molar-refractivity contribution < 1.29 is 19.5 Å². The van der Waals surface area contributed by atoms with Gasteiger partial charge in [0.2, 0.25) is 5.91 Å². The number of aliphatic carboxylic acids is 1. The number of nitrogens with two attached hydrogens (primary N) is 1. The SMILES string of the molecule is CCCCCCCCNC(=O)N(CC(N)=O)CC(=O)O. The molecule has 0 saturated heterocycles. The molecule has 0 unspecified atom stereocenters. The second kappa shape index (κ2) is 11.1. The summed E-state index contributed by atoms with van der Waals surface area (Å²) in [6.07, 6.45) is 6.59. The van der Waals surface area contributed by atoms with Crippen molar-refractivity contribution in [3.8, 4) is 0 Å². The van der Waals surface area contributed by atoms with Crippen molar-refractivity contribution in [1.82, 2.24) is 10.2 Å². The first-order valence-electron chi connectivity index (χ1n) is 7.00. The van der Waals surface area contributed by atoms with Crippen LogP contribution in [0.2, 0.25) is 0 Å². The number of rotatable bonds is 11. The van der Waals surface area contributed by atoms with Crippen LogP contribution in [-0.2, 0) is 9.59 Å². The molecule has 0 fully saturated rings. The fourth-order valence-electron chi connectivity index (χ4n) is 1.76. The van der Waals surface area contributed by atoms with Crippen molar-refractivity contribution in [3.05, 3.63) is 0 Å². The van der Waals surface area contributed by atoms with Gasteiger partial charge in [0.25, 0.3) is 0 Å². The zero-order valence-corrected chi connectivity index (χ0v) is 12.1. The van der Waals surface area contributed by atoms with E-state index in [4.69, 9.17) is 10.8 Å². The highest BCUT2D eigenvalue weighted by atomic mass is 16.4. The number of nitrogens with one attached hydrogen (secondary N) is 1. The molecule has 0 rings (SSSR count). The second-order valence-electron chi connectivity index (χ2n) is 4.72. The van der Waals surface area contributed by atoms with Crippen LogP contribution in [0.5, 0.6) is 0 Å². The lowest BCUT2D eigenvalue weighted by Crippen LogP contribution is -2.46. The van der Waals surface area contributed by atoms with E-state index in [1.165, 1.54) is 19.3 Å². The topological polar surface area (TPSA) is 113 Å². The van der Waals surface area contributed by atoms with E-state index in [-0.39, 0.29) is 0 Å². The summed E-state index contributed by atoms with van der Waals surface area (Å²) in [5.74, 6) is -1.91. The Bertz CT molecular complexity index is 305. The van der Waals surface area contributed by atoms with E-state index in [0.29, 0.717) is 6.54 Å². The first-order valence-corrected chi connectivity index (χ1v) is 7.00. The number of carboxylic acid groups (broad SMARTS) is 1. The highest BCUT2D eigenvalue weighted by Crippen LogP contribution is 2.04. The highest BCUT2D eigenvalue weighted by molar-refractivity contribution is 5.85.